The number of nitrogens with zero attached hydrogens (tertiary/aromatic N) is 1. The summed E-state index contributed by atoms with van der Waals surface area (Å²) in [7, 11) is 1.33. The minimum Gasteiger partial charge on any atom is -0.466 e. The normalized spacial score (nSPS) is 18.0. The maximum absolute atomic E-state index is 12.3. The van der Waals surface area contributed by atoms with Gasteiger partial charge in [-0.25, -0.2) is 9.59 Å². The van der Waals surface area contributed by atoms with Crippen LogP contribution in [0.2, 0.25) is 0 Å². The van der Waals surface area contributed by atoms with Crippen LogP contribution < -0.4 is 5.32 Å². The highest BCUT2D eigenvalue weighted by Crippen LogP contribution is 2.34. The lowest BCUT2D eigenvalue weighted by atomic mass is 9.95. The highest BCUT2D eigenvalue weighted by Gasteiger charge is 2.36. The molecule has 1 aromatic carbocycles. The van der Waals surface area contributed by atoms with Crippen molar-refractivity contribution in [2.45, 2.75) is 13.0 Å². The van der Waals surface area contributed by atoms with Crippen LogP contribution in [0.1, 0.15) is 18.5 Å². The van der Waals surface area contributed by atoms with E-state index in [1.54, 1.807) is 13.0 Å². The molecule has 0 saturated heterocycles. The van der Waals surface area contributed by atoms with Gasteiger partial charge in [0, 0.05) is 16.7 Å². The number of methoxy groups -OCH3 is 1. The van der Waals surface area contributed by atoms with Gasteiger partial charge in [-0.15, -0.1) is 6.58 Å². The van der Waals surface area contributed by atoms with Gasteiger partial charge in [0.25, 0.3) is 0 Å². The van der Waals surface area contributed by atoms with E-state index in [2.05, 4.69) is 27.8 Å². The number of ether oxygens (including phenoxy) is 1. The Morgan fingerprint density at radius 3 is 2.77 bits per heavy atom. The minimum atomic E-state index is -0.559. The first-order valence-electron chi connectivity index (χ1n) is 6.73. The molecule has 6 heteroatoms. The predicted molar refractivity (Wildman–Crippen MR) is 87.0 cm³/mol. The van der Waals surface area contributed by atoms with E-state index in [1.807, 2.05) is 24.3 Å². The van der Waals surface area contributed by atoms with Gasteiger partial charge in [0.05, 0.1) is 18.7 Å². The molecule has 0 fully saturated rings. The van der Waals surface area contributed by atoms with E-state index < -0.39 is 12.0 Å². The van der Waals surface area contributed by atoms with Crippen molar-refractivity contribution >= 4 is 27.9 Å². The molecule has 1 aliphatic rings. The van der Waals surface area contributed by atoms with Gasteiger partial charge in [0.1, 0.15) is 0 Å². The van der Waals surface area contributed by atoms with Gasteiger partial charge in [-0.2, -0.15) is 0 Å². The number of hydrogen-bond acceptors (Lipinski definition) is 3. The third kappa shape index (κ3) is 2.92. The molecule has 0 spiro atoms. The Kier molecular flexibility index (Phi) is 5.03. The average molecular weight is 365 g/mol. The van der Waals surface area contributed by atoms with Gasteiger partial charge < -0.3 is 10.1 Å². The molecule has 0 radical (unpaired) electrons. The van der Waals surface area contributed by atoms with Crippen LogP contribution in [0.3, 0.4) is 0 Å². The molecular formula is C16H17BrN2O3. The van der Waals surface area contributed by atoms with Crippen LogP contribution in [0.4, 0.5) is 4.79 Å². The average Bonchev–Trinajstić information content (AvgIpc) is 2.50. The fourth-order valence-corrected chi connectivity index (χ4v) is 2.96. The number of urea groups is 1. The van der Waals surface area contributed by atoms with E-state index in [9.17, 15) is 9.59 Å². The minimum absolute atomic E-state index is 0.272. The highest BCUT2D eigenvalue weighted by molar-refractivity contribution is 9.10. The number of benzene rings is 1. The number of allylic oxidation sites excluding steroid dienone is 1. The first-order chi connectivity index (χ1) is 10.5. The summed E-state index contributed by atoms with van der Waals surface area (Å²) >= 11 is 3.46. The quantitative estimate of drug-likeness (QED) is 0.659. The molecule has 1 atom stereocenters. The number of nitrogens with one attached hydrogen (secondary N) is 1. The molecule has 0 saturated carbocycles. The second-order valence-corrected chi connectivity index (χ2v) is 5.65. The Bertz CT molecular complexity index is 655. The molecule has 0 aromatic heterocycles. The summed E-state index contributed by atoms with van der Waals surface area (Å²) in [5.41, 5.74) is 1.78. The van der Waals surface area contributed by atoms with Crippen LogP contribution in [-0.4, -0.2) is 30.6 Å². The Balaban J connectivity index is 2.58. The van der Waals surface area contributed by atoms with Gasteiger partial charge in [-0.1, -0.05) is 40.2 Å². The lowest BCUT2D eigenvalue weighted by Gasteiger charge is -2.35. The molecule has 1 aliphatic heterocycles. The van der Waals surface area contributed by atoms with Crippen molar-refractivity contribution in [2.75, 3.05) is 13.7 Å². The Morgan fingerprint density at radius 1 is 1.50 bits per heavy atom. The predicted octanol–water partition coefficient (Wildman–Crippen LogP) is 3.15. The maximum atomic E-state index is 12.3. The van der Waals surface area contributed by atoms with Gasteiger partial charge >= 0.3 is 12.0 Å². The third-order valence-electron chi connectivity index (χ3n) is 3.53. The van der Waals surface area contributed by atoms with Gasteiger partial charge in [-0.3, -0.25) is 4.90 Å². The van der Waals surface area contributed by atoms with Crippen molar-refractivity contribution in [1.29, 1.82) is 0 Å². The zero-order valence-electron chi connectivity index (χ0n) is 12.4. The largest absolute Gasteiger partial charge is 0.466 e. The molecule has 22 heavy (non-hydrogen) atoms. The van der Waals surface area contributed by atoms with Crippen LogP contribution in [0, 0.1) is 0 Å². The summed E-state index contributed by atoms with van der Waals surface area (Å²) < 4.78 is 5.71. The van der Waals surface area contributed by atoms with Crippen molar-refractivity contribution < 1.29 is 14.3 Å². The number of rotatable bonds is 4. The second kappa shape index (κ2) is 6.79. The molecule has 0 unspecified atom stereocenters. The summed E-state index contributed by atoms with van der Waals surface area (Å²) in [5.74, 6) is -0.465. The van der Waals surface area contributed by atoms with E-state index in [-0.39, 0.29) is 6.03 Å². The summed E-state index contributed by atoms with van der Waals surface area (Å²) in [6, 6.07) is 6.61. The number of halogens is 1. The van der Waals surface area contributed by atoms with Crippen LogP contribution in [0.15, 0.2) is 52.7 Å². The van der Waals surface area contributed by atoms with Crippen LogP contribution in [0.25, 0.3) is 0 Å². The highest BCUT2D eigenvalue weighted by atomic mass is 79.9. The molecule has 2 rings (SSSR count). The van der Waals surface area contributed by atoms with Crippen molar-refractivity contribution in [3.05, 3.63) is 58.2 Å². The zero-order valence-corrected chi connectivity index (χ0v) is 14.0. The summed E-state index contributed by atoms with van der Waals surface area (Å²) in [6.07, 6.45) is 1.61. The third-order valence-corrected chi connectivity index (χ3v) is 4.25. The van der Waals surface area contributed by atoms with Crippen molar-refractivity contribution in [1.82, 2.24) is 10.2 Å². The SMILES string of the molecule is C=CCN1C(=O)N[C@@H](c2ccccc2Br)C(C(=O)OC)=C1C. The zero-order chi connectivity index (χ0) is 16.3. The molecule has 1 N–H and O–H groups in total. The van der Waals surface area contributed by atoms with E-state index in [0.29, 0.717) is 17.8 Å². The van der Waals surface area contributed by atoms with Crippen molar-refractivity contribution in [3.8, 4) is 0 Å². The van der Waals surface area contributed by atoms with E-state index in [0.717, 1.165) is 10.0 Å². The second-order valence-electron chi connectivity index (χ2n) is 4.79. The van der Waals surface area contributed by atoms with Crippen LogP contribution in [-0.2, 0) is 9.53 Å². The smallest absolute Gasteiger partial charge is 0.337 e. The number of hydrogen-bond donors (Lipinski definition) is 1. The Hall–Kier alpha value is -2.08. The number of amides is 2. The fourth-order valence-electron chi connectivity index (χ4n) is 2.45. The Morgan fingerprint density at radius 2 is 2.18 bits per heavy atom. The maximum Gasteiger partial charge on any atom is 0.337 e. The van der Waals surface area contributed by atoms with Crippen LogP contribution in [0.5, 0.6) is 0 Å². The fraction of sp³-hybridized carbons (Fsp3) is 0.250. The van der Waals surface area contributed by atoms with E-state index >= 15 is 0 Å². The van der Waals surface area contributed by atoms with Crippen molar-refractivity contribution in [2.24, 2.45) is 0 Å². The van der Waals surface area contributed by atoms with E-state index in [1.165, 1.54) is 12.0 Å². The molecule has 5 nitrogen and oxygen atoms in total. The number of esters is 1. The topological polar surface area (TPSA) is 58.6 Å². The first-order valence-corrected chi connectivity index (χ1v) is 7.53. The van der Waals surface area contributed by atoms with Gasteiger partial charge in [-0.05, 0) is 18.6 Å². The summed E-state index contributed by atoms with van der Waals surface area (Å²) in [5, 5.41) is 2.85. The number of carbonyl (C=O) groups is 2. The molecule has 1 heterocycles. The van der Waals surface area contributed by atoms with Gasteiger partial charge in [0.2, 0.25) is 0 Å². The molecule has 0 aliphatic carbocycles. The lowest BCUT2D eigenvalue weighted by Crippen LogP contribution is -2.48. The Labute approximate surface area is 137 Å². The standard InChI is InChI=1S/C16H17BrN2O3/c1-4-9-19-10(2)13(15(20)22-3)14(18-16(19)21)11-7-5-6-8-12(11)17/h4-8,14H,1,9H2,2-3H3,(H,18,21)/t14-/m0/s1. The van der Waals surface area contributed by atoms with Crippen molar-refractivity contribution in [3.63, 3.8) is 0 Å². The molecule has 0 bridgehead atoms. The van der Waals surface area contributed by atoms with E-state index in [4.69, 9.17) is 4.74 Å². The summed E-state index contributed by atoms with van der Waals surface area (Å²) in [4.78, 5) is 26.0. The lowest BCUT2D eigenvalue weighted by molar-refractivity contribution is -0.136. The van der Waals surface area contributed by atoms with Gasteiger partial charge in [0.15, 0.2) is 0 Å². The monoisotopic (exact) mass is 364 g/mol. The molecule has 116 valence electrons. The summed E-state index contributed by atoms with van der Waals surface area (Å²) in [6.45, 7) is 5.69. The number of carbonyl (C=O) groups excluding carboxylic acids is 2. The first kappa shape index (κ1) is 16.3. The molecule has 2 amide bonds. The molecular weight excluding hydrogens is 348 g/mol. The molecule has 1 aromatic rings. The van der Waals surface area contributed by atoms with Crippen LogP contribution >= 0.6 is 15.9 Å².